The number of hydrogen-bond acceptors (Lipinski definition) is 9. The molecule has 3 N–H and O–H groups in total. The number of halogens is 2. The maximum absolute atomic E-state index is 14.1. The van der Waals surface area contributed by atoms with Gasteiger partial charge in [0, 0.05) is 34.4 Å². The van der Waals surface area contributed by atoms with Gasteiger partial charge in [0.25, 0.3) is 5.56 Å². The number of aliphatic carboxylic acids is 1. The van der Waals surface area contributed by atoms with Crippen molar-refractivity contribution in [3.63, 3.8) is 0 Å². The van der Waals surface area contributed by atoms with Crippen molar-refractivity contribution in [2.75, 3.05) is 11.1 Å². The number of nitrogens with one attached hydrogen (secondary N) is 2. The summed E-state index contributed by atoms with van der Waals surface area (Å²) in [5.74, 6) is -3.18. The lowest BCUT2D eigenvalue weighted by Gasteiger charge is -2.22. The van der Waals surface area contributed by atoms with E-state index in [-0.39, 0.29) is 34.3 Å². The summed E-state index contributed by atoms with van der Waals surface area (Å²) in [6, 6.07) is 7.33. The number of carbonyl (C=O) groups excluding carboxylic acids is 2. The van der Waals surface area contributed by atoms with Crippen LogP contribution in [-0.4, -0.2) is 49.1 Å². The summed E-state index contributed by atoms with van der Waals surface area (Å²) < 4.78 is 16.2. The van der Waals surface area contributed by atoms with Crippen molar-refractivity contribution >= 4 is 74.1 Å². The third-order valence-corrected chi connectivity index (χ3v) is 8.57. The quantitative estimate of drug-likeness (QED) is 0.183. The van der Waals surface area contributed by atoms with Gasteiger partial charge in [0.2, 0.25) is 5.91 Å². The molecule has 14 heteroatoms. The maximum atomic E-state index is 14.1. The summed E-state index contributed by atoms with van der Waals surface area (Å²) in [7, 11) is 0. The number of ketones is 1. The summed E-state index contributed by atoms with van der Waals surface area (Å²) in [4.78, 5) is 59.6. The second-order valence-corrected chi connectivity index (χ2v) is 11.9. The van der Waals surface area contributed by atoms with Crippen LogP contribution in [-0.2, 0) is 20.1 Å². The van der Waals surface area contributed by atoms with Crippen LogP contribution in [0.5, 0.6) is 0 Å². The van der Waals surface area contributed by atoms with Gasteiger partial charge in [-0.1, -0.05) is 24.6 Å². The molecule has 0 aliphatic carbocycles. The molecule has 2 heterocycles. The van der Waals surface area contributed by atoms with E-state index in [1.165, 1.54) is 35.2 Å². The van der Waals surface area contributed by atoms with E-state index < -0.39 is 47.5 Å². The van der Waals surface area contributed by atoms with Gasteiger partial charge in [-0.15, -0.1) is 23.1 Å². The number of rotatable bonds is 13. The third-order valence-electron chi connectivity index (χ3n) is 6.29. The minimum Gasteiger partial charge on any atom is -0.481 e. The number of anilines is 2. The summed E-state index contributed by atoms with van der Waals surface area (Å²) in [6.45, 7) is 3.59. The van der Waals surface area contributed by atoms with Crippen LogP contribution in [0.4, 0.5) is 15.9 Å². The van der Waals surface area contributed by atoms with Crippen LogP contribution >= 0.6 is 34.7 Å². The van der Waals surface area contributed by atoms with Crippen LogP contribution in [0.1, 0.15) is 36.4 Å². The largest absolute Gasteiger partial charge is 0.481 e. The molecule has 0 radical (unpaired) electrons. The summed E-state index contributed by atoms with van der Waals surface area (Å²) in [5, 5.41) is 16.0. The zero-order chi connectivity index (χ0) is 30.4. The number of Topliss-reactive ketones (excluding diaryl/α,β-unsaturated/α-hetero) is 1. The van der Waals surface area contributed by atoms with Gasteiger partial charge >= 0.3 is 5.97 Å². The Morgan fingerprint density at radius 2 is 2.02 bits per heavy atom. The highest BCUT2D eigenvalue weighted by Gasteiger charge is 2.28. The number of carbonyl (C=O) groups is 3. The zero-order valence-corrected chi connectivity index (χ0v) is 25.0. The van der Waals surface area contributed by atoms with Crippen LogP contribution in [0.3, 0.4) is 0 Å². The Morgan fingerprint density at radius 1 is 1.24 bits per heavy atom. The lowest BCUT2D eigenvalue weighted by Crippen LogP contribution is -2.47. The minimum absolute atomic E-state index is 0.0172. The fraction of sp³-hybridized carbons (Fsp3) is 0.286. The molecule has 0 spiro atoms. The van der Waals surface area contributed by atoms with Gasteiger partial charge in [-0.3, -0.25) is 23.7 Å². The molecule has 42 heavy (non-hydrogen) atoms. The molecule has 220 valence electrons. The van der Waals surface area contributed by atoms with Crippen molar-refractivity contribution in [3.05, 3.63) is 80.6 Å². The molecule has 0 saturated heterocycles. The van der Waals surface area contributed by atoms with E-state index in [1.54, 1.807) is 30.4 Å². The smallest absolute Gasteiger partial charge is 0.305 e. The van der Waals surface area contributed by atoms with Crippen LogP contribution in [0, 0.1) is 12.7 Å². The van der Waals surface area contributed by atoms with E-state index in [2.05, 4.69) is 20.6 Å². The Hall–Kier alpha value is -3.81. The summed E-state index contributed by atoms with van der Waals surface area (Å²) >= 11 is 8.63. The molecule has 2 unspecified atom stereocenters. The molecule has 4 aromatic rings. The fourth-order valence-corrected chi connectivity index (χ4v) is 6.35. The number of thiazole rings is 1. The number of carboxylic acids is 1. The molecule has 0 saturated carbocycles. The lowest BCUT2D eigenvalue weighted by atomic mass is 10.1. The van der Waals surface area contributed by atoms with Gasteiger partial charge in [-0.05, 0) is 43.7 Å². The van der Waals surface area contributed by atoms with Gasteiger partial charge in [0.15, 0.2) is 11.6 Å². The van der Waals surface area contributed by atoms with Crippen molar-refractivity contribution in [2.24, 2.45) is 0 Å². The molecule has 0 aliphatic rings. The highest BCUT2D eigenvalue weighted by atomic mass is 35.5. The molecule has 4 rings (SSSR count). The molecule has 10 nitrogen and oxygen atoms in total. The number of nitrogens with zero attached hydrogens (tertiary/aromatic N) is 3. The van der Waals surface area contributed by atoms with Crippen LogP contribution in [0.15, 0.2) is 53.6 Å². The average molecular weight is 632 g/mol. The standard InChI is InChI=1S/C28H27ClFN5O5S2/c1-3-22(35-10-9-31-26(28(35)40)33-16-7-8-24-21(11-16)32-15(2)42-24)27(39)34-20(12-25(37)38)23(36)14-41-13-17-18(29)5-4-6-19(17)30/h4-11,20,22H,3,12-14H2,1-2H3,(H,31,33)(H,34,39)(H,37,38). The first-order chi connectivity index (χ1) is 20.1. The number of thioether (sulfide) groups is 1. The number of amides is 1. The minimum atomic E-state index is -1.35. The predicted molar refractivity (Wildman–Crippen MR) is 162 cm³/mol. The molecule has 0 fully saturated rings. The molecular formula is C28H27ClFN5O5S2. The molecule has 2 aromatic heterocycles. The molecule has 0 aliphatic heterocycles. The maximum Gasteiger partial charge on any atom is 0.305 e. The topological polar surface area (TPSA) is 143 Å². The lowest BCUT2D eigenvalue weighted by molar-refractivity contribution is -0.140. The summed E-state index contributed by atoms with van der Waals surface area (Å²) in [5.41, 5.74) is 1.01. The molecule has 1 amide bonds. The van der Waals surface area contributed by atoms with Crippen molar-refractivity contribution in [2.45, 2.75) is 44.5 Å². The Bertz CT molecular complexity index is 1670. The number of hydrogen-bond donors (Lipinski definition) is 3. The van der Waals surface area contributed by atoms with Gasteiger partial charge in [-0.25, -0.2) is 14.4 Å². The number of fused-ring (bicyclic) bond motifs is 1. The van der Waals surface area contributed by atoms with Crippen molar-refractivity contribution in [1.29, 1.82) is 0 Å². The number of benzene rings is 2. The predicted octanol–water partition coefficient (Wildman–Crippen LogP) is 5.11. The van der Waals surface area contributed by atoms with Gasteiger partial charge in [0.1, 0.15) is 11.9 Å². The van der Waals surface area contributed by atoms with Gasteiger partial charge in [-0.2, -0.15) is 0 Å². The van der Waals surface area contributed by atoms with Gasteiger partial charge in [0.05, 0.1) is 33.4 Å². The van der Waals surface area contributed by atoms with Gasteiger partial charge < -0.3 is 15.7 Å². The van der Waals surface area contributed by atoms with E-state index in [4.69, 9.17) is 11.6 Å². The average Bonchev–Trinajstić information content (AvgIpc) is 3.31. The number of aromatic nitrogens is 3. The second-order valence-electron chi connectivity index (χ2n) is 9.27. The summed E-state index contributed by atoms with van der Waals surface area (Å²) in [6.07, 6.45) is 2.25. The normalized spacial score (nSPS) is 12.6. The number of carboxylic acid groups (broad SMARTS) is 1. The van der Waals surface area contributed by atoms with Crippen molar-refractivity contribution in [1.82, 2.24) is 19.9 Å². The first-order valence-corrected chi connectivity index (χ1v) is 15.2. The number of aryl methyl sites for hydroxylation is 1. The fourth-order valence-electron chi connectivity index (χ4n) is 4.23. The van der Waals surface area contributed by atoms with Crippen LogP contribution in [0.25, 0.3) is 10.2 Å². The van der Waals surface area contributed by atoms with Crippen LogP contribution < -0.4 is 16.2 Å². The Morgan fingerprint density at radius 3 is 2.74 bits per heavy atom. The van der Waals surface area contributed by atoms with E-state index in [9.17, 15) is 28.7 Å². The first kappa shape index (κ1) is 31.1. The Labute approximate surface area is 253 Å². The van der Waals surface area contributed by atoms with Crippen molar-refractivity contribution < 1.29 is 23.9 Å². The Balaban J connectivity index is 1.47. The van der Waals surface area contributed by atoms with Crippen LogP contribution in [0.2, 0.25) is 5.02 Å². The molecule has 2 atom stereocenters. The van der Waals surface area contributed by atoms with E-state index >= 15 is 0 Å². The highest BCUT2D eigenvalue weighted by Crippen LogP contribution is 2.26. The molecular weight excluding hydrogens is 605 g/mol. The van der Waals surface area contributed by atoms with Crippen molar-refractivity contribution in [3.8, 4) is 0 Å². The Kier molecular flexibility index (Phi) is 10.3. The molecule has 0 bridgehead atoms. The first-order valence-electron chi connectivity index (χ1n) is 12.8. The SMILES string of the molecule is CCC(C(=O)NC(CC(=O)O)C(=O)CSCc1c(F)cccc1Cl)n1ccnc(Nc2ccc3sc(C)nc3c2)c1=O. The van der Waals surface area contributed by atoms with E-state index in [1.807, 2.05) is 13.0 Å². The van der Waals surface area contributed by atoms with E-state index in [0.29, 0.717) is 5.69 Å². The third kappa shape index (κ3) is 7.52. The molecule has 2 aromatic carbocycles. The monoisotopic (exact) mass is 631 g/mol. The zero-order valence-electron chi connectivity index (χ0n) is 22.6. The highest BCUT2D eigenvalue weighted by molar-refractivity contribution is 7.99. The van der Waals surface area contributed by atoms with E-state index in [0.717, 1.165) is 27.0 Å². The second kappa shape index (κ2) is 13.9.